The molecule has 0 bridgehead atoms. The summed E-state index contributed by atoms with van der Waals surface area (Å²) in [5.74, 6) is -1.89. The molecule has 8 nitrogen and oxygen atoms in total. The molecule has 2 atom stereocenters. The lowest BCUT2D eigenvalue weighted by Gasteiger charge is -2.34. The summed E-state index contributed by atoms with van der Waals surface area (Å²) in [4.78, 5) is 0.162. The first kappa shape index (κ1) is 24.3. The summed E-state index contributed by atoms with van der Waals surface area (Å²) >= 11 is 0. The lowest BCUT2D eigenvalue weighted by molar-refractivity contribution is -0.218. The molecule has 1 saturated carbocycles. The van der Waals surface area contributed by atoms with Crippen LogP contribution in [0.15, 0.2) is 58.3 Å². The molecule has 0 aromatic heterocycles. The van der Waals surface area contributed by atoms with Crippen LogP contribution in [0, 0.1) is 25.7 Å². The van der Waals surface area contributed by atoms with E-state index in [-0.39, 0.29) is 34.8 Å². The molecule has 1 aliphatic carbocycles. The number of benzene rings is 2. The zero-order valence-corrected chi connectivity index (χ0v) is 20.2. The normalized spacial score (nSPS) is 22.7. The fraction of sp³-hybridized carbons (Fsp3) is 0.478. The van der Waals surface area contributed by atoms with Crippen LogP contribution in [0.5, 0.6) is 0 Å². The van der Waals surface area contributed by atoms with Crippen LogP contribution in [0.3, 0.4) is 0 Å². The Hall–Kier alpha value is -1.82. The van der Waals surface area contributed by atoms with E-state index in [1.807, 2.05) is 13.8 Å². The van der Waals surface area contributed by atoms with Gasteiger partial charge in [-0.1, -0.05) is 35.4 Å². The third kappa shape index (κ3) is 5.16. The van der Waals surface area contributed by atoms with Crippen LogP contribution in [0.1, 0.15) is 24.0 Å². The Morgan fingerprint density at radius 2 is 1.09 bits per heavy atom. The molecule has 33 heavy (non-hydrogen) atoms. The van der Waals surface area contributed by atoms with E-state index >= 15 is 0 Å². The number of hydrogen-bond acceptors (Lipinski definition) is 8. The van der Waals surface area contributed by atoms with Crippen molar-refractivity contribution in [1.82, 2.24) is 0 Å². The molecule has 0 radical (unpaired) electrons. The third-order valence-electron chi connectivity index (χ3n) is 6.21. The monoisotopic (exact) mass is 496 g/mol. The van der Waals surface area contributed by atoms with E-state index < -0.39 is 26.0 Å². The van der Waals surface area contributed by atoms with Crippen molar-refractivity contribution >= 4 is 20.2 Å². The van der Waals surface area contributed by atoms with E-state index in [0.29, 0.717) is 26.1 Å². The van der Waals surface area contributed by atoms with Crippen molar-refractivity contribution < 1.29 is 34.7 Å². The van der Waals surface area contributed by atoms with Gasteiger partial charge in [0.2, 0.25) is 0 Å². The maximum atomic E-state index is 12.6. The molecule has 1 spiro atoms. The van der Waals surface area contributed by atoms with Gasteiger partial charge in [0.15, 0.2) is 5.79 Å². The van der Waals surface area contributed by atoms with E-state index in [1.165, 1.54) is 24.3 Å². The standard InChI is InChI=1S/C23H28O8S2/c1-17-3-9-21(10-4-17)32(24,25)30-15-19-7-8-20(23(19)28-13-14-29-23)16-31-33(26,27)22-11-5-18(2)6-12-22/h3-6,9-12,19-20H,7-8,13-16H2,1-2H3. The second-order valence-electron chi connectivity index (χ2n) is 8.49. The highest BCUT2D eigenvalue weighted by atomic mass is 32.2. The summed E-state index contributed by atoms with van der Waals surface area (Å²) in [6, 6.07) is 12.8. The minimum absolute atomic E-state index is 0.0810. The first-order chi connectivity index (χ1) is 15.6. The lowest BCUT2D eigenvalue weighted by Crippen LogP contribution is -2.45. The minimum Gasteiger partial charge on any atom is -0.347 e. The molecule has 0 N–H and O–H groups in total. The molecule has 4 rings (SSSR count). The second kappa shape index (κ2) is 9.44. The highest BCUT2D eigenvalue weighted by molar-refractivity contribution is 7.87. The molecule has 2 aliphatic rings. The zero-order chi connectivity index (χ0) is 23.7. The third-order valence-corrected chi connectivity index (χ3v) is 8.80. The molecule has 180 valence electrons. The molecule has 0 amide bonds. The predicted octanol–water partition coefficient (Wildman–Crippen LogP) is 3.18. The maximum absolute atomic E-state index is 12.6. The summed E-state index contributed by atoms with van der Waals surface area (Å²) in [5.41, 5.74) is 1.89. The first-order valence-electron chi connectivity index (χ1n) is 10.8. The first-order valence-corrected chi connectivity index (χ1v) is 13.6. The molecule has 1 aliphatic heterocycles. The maximum Gasteiger partial charge on any atom is 0.296 e. The smallest absolute Gasteiger partial charge is 0.296 e. The van der Waals surface area contributed by atoms with Gasteiger partial charge >= 0.3 is 0 Å². The van der Waals surface area contributed by atoms with Gasteiger partial charge in [-0.25, -0.2) is 0 Å². The van der Waals surface area contributed by atoms with Crippen LogP contribution in [0.2, 0.25) is 0 Å². The minimum atomic E-state index is -3.94. The fourth-order valence-corrected chi connectivity index (χ4v) is 6.24. The Balaban J connectivity index is 1.44. The van der Waals surface area contributed by atoms with Gasteiger partial charge in [-0.15, -0.1) is 0 Å². The van der Waals surface area contributed by atoms with Gasteiger partial charge in [0.1, 0.15) is 0 Å². The van der Waals surface area contributed by atoms with E-state index in [2.05, 4.69) is 0 Å². The Morgan fingerprint density at radius 3 is 1.45 bits per heavy atom. The van der Waals surface area contributed by atoms with Gasteiger partial charge in [-0.3, -0.25) is 8.37 Å². The van der Waals surface area contributed by atoms with Crippen LogP contribution < -0.4 is 0 Å². The van der Waals surface area contributed by atoms with E-state index in [9.17, 15) is 16.8 Å². The molecule has 2 fully saturated rings. The molecular weight excluding hydrogens is 468 g/mol. The lowest BCUT2D eigenvalue weighted by atomic mass is 9.97. The molecule has 2 unspecified atom stereocenters. The molecule has 10 heteroatoms. The predicted molar refractivity (Wildman–Crippen MR) is 119 cm³/mol. The summed E-state index contributed by atoms with van der Waals surface area (Å²) in [6.07, 6.45) is 1.12. The van der Waals surface area contributed by atoms with Crippen LogP contribution >= 0.6 is 0 Å². The van der Waals surface area contributed by atoms with Crippen molar-refractivity contribution in [2.45, 2.75) is 42.3 Å². The molecule has 2 aromatic rings. The van der Waals surface area contributed by atoms with Gasteiger partial charge in [0.25, 0.3) is 20.2 Å². The van der Waals surface area contributed by atoms with E-state index in [4.69, 9.17) is 17.8 Å². The van der Waals surface area contributed by atoms with Crippen molar-refractivity contribution in [2.75, 3.05) is 26.4 Å². The van der Waals surface area contributed by atoms with Gasteiger partial charge in [0, 0.05) is 11.8 Å². The van der Waals surface area contributed by atoms with Crippen molar-refractivity contribution in [3.63, 3.8) is 0 Å². The molecular formula is C23H28O8S2. The number of aryl methyl sites for hydroxylation is 2. The average Bonchev–Trinajstić information content (AvgIpc) is 3.40. The molecule has 1 saturated heterocycles. The average molecular weight is 497 g/mol. The van der Waals surface area contributed by atoms with Crippen molar-refractivity contribution in [3.05, 3.63) is 59.7 Å². The molecule has 1 heterocycles. The van der Waals surface area contributed by atoms with E-state index in [0.717, 1.165) is 11.1 Å². The van der Waals surface area contributed by atoms with Crippen LogP contribution in [0.4, 0.5) is 0 Å². The summed E-state index contributed by atoms with van der Waals surface area (Å²) in [7, 11) is -7.88. The van der Waals surface area contributed by atoms with E-state index in [1.54, 1.807) is 24.3 Å². The van der Waals surface area contributed by atoms with Crippen LogP contribution in [-0.2, 0) is 38.1 Å². The summed E-state index contributed by atoms with van der Waals surface area (Å²) < 4.78 is 73.0. The second-order valence-corrected chi connectivity index (χ2v) is 11.7. The topological polar surface area (TPSA) is 105 Å². The summed E-state index contributed by atoms with van der Waals surface area (Å²) in [6.45, 7) is 4.16. The number of hydrogen-bond donors (Lipinski definition) is 0. The van der Waals surface area contributed by atoms with Gasteiger partial charge < -0.3 is 9.47 Å². The Labute approximate surface area is 195 Å². The number of ether oxygens (including phenoxy) is 2. The summed E-state index contributed by atoms with van der Waals surface area (Å²) in [5, 5.41) is 0. The number of rotatable bonds is 8. The quantitative estimate of drug-likeness (QED) is 0.513. The Kier molecular flexibility index (Phi) is 6.95. The van der Waals surface area contributed by atoms with Crippen molar-refractivity contribution in [1.29, 1.82) is 0 Å². The highest BCUT2D eigenvalue weighted by Gasteiger charge is 2.55. The van der Waals surface area contributed by atoms with Crippen molar-refractivity contribution in [3.8, 4) is 0 Å². The Morgan fingerprint density at radius 1 is 0.727 bits per heavy atom. The van der Waals surface area contributed by atoms with Crippen LogP contribution in [-0.4, -0.2) is 49.1 Å². The van der Waals surface area contributed by atoms with Gasteiger partial charge in [0.05, 0.1) is 36.2 Å². The van der Waals surface area contributed by atoms with Crippen molar-refractivity contribution in [2.24, 2.45) is 11.8 Å². The van der Waals surface area contributed by atoms with Gasteiger partial charge in [-0.2, -0.15) is 16.8 Å². The SMILES string of the molecule is Cc1ccc(S(=O)(=O)OCC2CCC(COS(=O)(=O)c3ccc(C)cc3)C23OCCO3)cc1. The Bertz CT molecular complexity index is 1080. The molecule has 2 aromatic carbocycles. The van der Waals surface area contributed by atoms with Crippen LogP contribution in [0.25, 0.3) is 0 Å². The fourth-order valence-electron chi connectivity index (χ4n) is 4.34. The highest BCUT2D eigenvalue weighted by Crippen LogP contribution is 2.47. The largest absolute Gasteiger partial charge is 0.347 e. The zero-order valence-electron chi connectivity index (χ0n) is 18.6. The van der Waals surface area contributed by atoms with Gasteiger partial charge in [-0.05, 0) is 51.0 Å².